The number of benzene rings is 2. The van der Waals surface area contributed by atoms with Gasteiger partial charge in [0.05, 0.1) is 13.8 Å². The standard InChI is InChI=1S/C20H16BrCl2N2S/c21-19-16(7-8-26-19)15(10-13-3-6-17(22)18(23)11-13)9-12-1-4-14(5-2-12)20(24)25/h1-9,11,15H,10H2,(H3,24,25). The molecule has 1 aromatic heterocycles. The largest absolute Gasteiger partial charge is 0.384 e. The van der Waals surface area contributed by atoms with Gasteiger partial charge in [0, 0.05) is 5.56 Å². The second-order valence-corrected chi connectivity index (χ2v) is 8.96. The van der Waals surface area contributed by atoms with Crippen LogP contribution in [0.15, 0.2) is 57.7 Å². The monoisotopic (exact) mass is 465 g/mol. The molecule has 0 fully saturated rings. The molecule has 3 N–H and O–H groups in total. The van der Waals surface area contributed by atoms with Gasteiger partial charge >= 0.3 is 0 Å². The molecule has 26 heavy (non-hydrogen) atoms. The maximum atomic E-state index is 7.51. The quantitative estimate of drug-likeness (QED) is 0.309. The van der Waals surface area contributed by atoms with E-state index in [1.54, 1.807) is 11.3 Å². The van der Waals surface area contributed by atoms with Crippen LogP contribution in [0.5, 0.6) is 0 Å². The molecule has 1 radical (unpaired) electrons. The third-order valence-electron chi connectivity index (χ3n) is 4.10. The summed E-state index contributed by atoms with van der Waals surface area (Å²) in [6.07, 6.45) is 3.03. The van der Waals surface area contributed by atoms with E-state index in [1.165, 1.54) is 5.56 Å². The van der Waals surface area contributed by atoms with E-state index in [0.29, 0.717) is 10.0 Å². The summed E-state index contributed by atoms with van der Waals surface area (Å²) in [6, 6.07) is 15.6. The zero-order valence-electron chi connectivity index (χ0n) is 13.7. The SMILES string of the molecule is N=C(N)c1ccc([CH]C(Cc2ccc(Cl)c(Cl)c2)c2ccsc2Br)cc1. The molecule has 3 aromatic rings. The number of halogens is 3. The Labute approximate surface area is 175 Å². The fourth-order valence-electron chi connectivity index (χ4n) is 2.76. The molecule has 2 aromatic carbocycles. The van der Waals surface area contributed by atoms with Gasteiger partial charge in [-0.25, -0.2) is 0 Å². The van der Waals surface area contributed by atoms with Crippen LogP contribution in [0.4, 0.5) is 0 Å². The van der Waals surface area contributed by atoms with Crippen molar-refractivity contribution in [3.63, 3.8) is 0 Å². The highest BCUT2D eigenvalue weighted by atomic mass is 79.9. The minimum absolute atomic E-state index is 0.0736. The van der Waals surface area contributed by atoms with Crippen LogP contribution in [0.2, 0.25) is 10.0 Å². The Hall–Kier alpha value is -1.33. The van der Waals surface area contributed by atoms with Gasteiger partial charge in [0.2, 0.25) is 0 Å². The first-order valence-corrected chi connectivity index (χ1v) is 10.3. The van der Waals surface area contributed by atoms with Crippen molar-refractivity contribution in [1.82, 2.24) is 0 Å². The summed E-state index contributed by atoms with van der Waals surface area (Å²) in [6.45, 7) is 0. The molecule has 1 heterocycles. The van der Waals surface area contributed by atoms with Crippen molar-refractivity contribution in [2.45, 2.75) is 12.3 Å². The predicted molar refractivity (Wildman–Crippen MR) is 116 cm³/mol. The summed E-state index contributed by atoms with van der Waals surface area (Å²) < 4.78 is 1.12. The fraction of sp³-hybridized carbons (Fsp3) is 0.100. The second-order valence-electron chi connectivity index (χ2n) is 5.91. The van der Waals surface area contributed by atoms with Gasteiger partial charge in [0.15, 0.2) is 0 Å². The number of nitrogens with one attached hydrogen (secondary N) is 1. The van der Waals surface area contributed by atoms with E-state index in [2.05, 4.69) is 33.8 Å². The molecule has 0 aliphatic carbocycles. The molecule has 133 valence electrons. The van der Waals surface area contributed by atoms with Gasteiger partial charge in [0.25, 0.3) is 0 Å². The predicted octanol–water partition coefficient (Wildman–Crippen LogP) is 6.68. The molecular formula is C20H16BrCl2N2S. The third kappa shape index (κ3) is 4.68. The molecule has 3 rings (SSSR count). The summed E-state index contributed by atoms with van der Waals surface area (Å²) in [4.78, 5) is 0. The maximum Gasteiger partial charge on any atom is 0.122 e. The van der Waals surface area contributed by atoms with Crippen molar-refractivity contribution in [2.75, 3.05) is 0 Å². The normalized spacial score (nSPS) is 12.1. The van der Waals surface area contributed by atoms with E-state index < -0.39 is 0 Å². The molecule has 0 saturated heterocycles. The molecule has 0 aliphatic heterocycles. The summed E-state index contributed by atoms with van der Waals surface area (Å²) in [5, 5.41) is 10.7. The molecule has 1 unspecified atom stereocenters. The van der Waals surface area contributed by atoms with Crippen LogP contribution in [0, 0.1) is 11.8 Å². The second kappa shape index (κ2) is 8.57. The van der Waals surface area contributed by atoms with Gasteiger partial charge in [0.1, 0.15) is 5.84 Å². The van der Waals surface area contributed by atoms with Crippen LogP contribution < -0.4 is 5.73 Å². The van der Waals surface area contributed by atoms with Gasteiger partial charge in [-0.15, -0.1) is 11.3 Å². The van der Waals surface area contributed by atoms with Gasteiger partial charge in [-0.05, 0) is 75.0 Å². The van der Waals surface area contributed by atoms with Gasteiger partial charge in [-0.3, -0.25) is 5.41 Å². The lowest BCUT2D eigenvalue weighted by atomic mass is 9.88. The van der Waals surface area contributed by atoms with Crippen LogP contribution >= 0.6 is 50.5 Å². The number of rotatable bonds is 6. The first-order valence-electron chi connectivity index (χ1n) is 7.90. The lowest BCUT2D eigenvalue weighted by Crippen LogP contribution is -2.11. The first kappa shape index (κ1) is 19.4. The lowest BCUT2D eigenvalue weighted by Gasteiger charge is -2.17. The summed E-state index contributed by atoms with van der Waals surface area (Å²) in [7, 11) is 0. The molecule has 0 spiro atoms. The number of hydrogen-bond donors (Lipinski definition) is 2. The average Bonchev–Trinajstić information content (AvgIpc) is 3.04. The topological polar surface area (TPSA) is 49.9 Å². The zero-order chi connectivity index (χ0) is 18.7. The smallest absolute Gasteiger partial charge is 0.122 e. The van der Waals surface area contributed by atoms with Crippen LogP contribution in [-0.4, -0.2) is 5.84 Å². The summed E-state index contributed by atoms with van der Waals surface area (Å²) in [5.41, 5.74) is 9.70. The molecule has 0 aliphatic rings. The van der Waals surface area contributed by atoms with Gasteiger partial charge < -0.3 is 5.73 Å². The van der Waals surface area contributed by atoms with Crippen molar-refractivity contribution in [3.8, 4) is 0 Å². The van der Waals surface area contributed by atoms with E-state index >= 15 is 0 Å². The van der Waals surface area contributed by atoms with E-state index in [1.807, 2.05) is 42.5 Å². The number of hydrogen-bond acceptors (Lipinski definition) is 2. The van der Waals surface area contributed by atoms with E-state index in [4.69, 9.17) is 34.3 Å². The van der Waals surface area contributed by atoms with Gasteiger partial charge in [-0.2, -0.15) is 0 Å². The number of nitrogen functional groups attached to an aromatic ring is 1. The number of nitrogens with two attached hydrogens (primary N) is 1. The first-order chi connectivity index (χ1) is 12.4. The maximum absolute atomic E-state index is 7.51. The highest BCUT2D eigenvalue weighted by Crippen LogP contribution is 2.36. The fourth-order valence-corrected chi connectivity index (χ4v) is 4.52. The number of thiophene rings is 1. The zero-order valence-corrected chi connectivity index (χ0v) is 17.6. The molecule has 6 heteroatoms. The molecule has 2 nitrogen and oxygen atoms in total. The highest BCUT2D eigenvalue weighted by Gasteiger charge is 2.18. The van der Waals surface area contributed by atoms with Crippen molar-refractivity contribution in [2.24, 2.45) is 5.73 Å². The Bertz CT molecular complexity index is 922. The third-order valence-corrected chi connectivity index (χ3v) is 6.57. The Morgan fingerprint density at radius 1 is 1.12 bits per heavy atom. The van der Waals surface area contributed by atoms with Crippen LogP contribution in [0.3, 0.4) is 0 Å². The Balaban J connectivity index is 1.87. The Morgan fingerprint density at radius 3 is 2.42 bits per heavy atom. The Kier molecular flexibility index (Phi) is 6.41. The average molecular weight is 467 g/mol. The lowest BCUT2D eigenvalue weighted by molar-refractivity contribution is 0.792. The number of amidine groups is 1. The molecule has 1 atom stereocenters. The molecule has 0 bridgehead atoms. The van der Waals surface area contributed by atoms with Crippen molar-refractivity contribution in [3.05, 3.63) is 96.4 Å². The summed E-state index contributed by atoms with van der Waals surface area (Å²) in [5.74, 6) is 0.250. The van der Waals surface area contributed by atoms with E-state index in [0.717, 1.165) is 26.9 Å². The van der Waals surface area contributed by atoms with Crippen LogP contribution in [0.25, 0.3) is 0 Å². The highest BCUT2D eigenvalue weighted by molar-refractivity contribution is 9.11. The Morgan fingerprint density at radius 2 is 1.85 bits per heavy atom. The molecule has 0 amide bonds. The van der Waals surface area contributed by atoms with E-state index in [9.17, 15) is 0 Å². The minimum Gasteiger partial charge on any atom is -0.384 e. The molecular weight excluding hydrogens is 451 g/mol. The van der Waals surface area contributed by atoms with Crippen LogP contribution in [0.1, 0.15) is 28.2 Å². The van der Waals surface area contributed by atoms with Crippen molar-refractivity contribution >= 4 is 56.3 Å². The van der Waals surface area contributed by atoms with Gasteiger partial charge in [-0.1, -0.05) is 53.5 Å². The van der Waals surface area contributed by atoms with Crippen molar-refractivity contribution < 1.29 is 0 Å². The summed E-state index contributed by atoms with van der Waals surface area (Å²) >= 11 is 17.5. The molecule has 0 saturated carbocycles. The minimum atomic E-state index is 0.0736. The van der Waals surface area contributed by atoms with Crippen molar-refractivity contribution in [1.29, 1.82) is 5.41 Å². The van der Waals surface area contributed by atoms with Crippen LogP contribution in [-0.2, 0) is 6.42 Å². The van der Waals surface area contributed by atoms with E-state index in [-0.39, 0.29) is 11.8 Å².